The number of ether oxygens (including phenoxy) is 2. The Kier molecular flexibility index (Phi) is 5.11. The van der Waals surface area contributed by atoms with E-state index in [1.54, 1.807) is 40.9 Å². The Hall–Kier alpha value is -2.41. The van der Waals surface area contributed by atoms with E-state index in [9.17, 15) is 9.59 Å². The average molecular weight is 387 g/mol. The van der Waals surface area contributed by atoms with E-state index in [0.29, 0.717) is 35.9 Å². The summed E-state index contributed by atoms with van der Waals surface area (Å²) >= 11 is 1.64. The van der Waals surface area contributed by atoms with Crippen molar-refractivity contribution in [1.29, 1.82) is 0 Å². The number of Topliss-reactive ketones (excluding diaryl/α,β-unsaturated/α-hetero) is 1. The van der Waals surface area contributed by atoms with Gasteiger partial charge >= 0.3 is 0 Å². The zero-order valence-corrected chi connectivity index (χ0v) is 15.9. The van der Waals surface area contributed by atoms with Crippen molar-refractivity contribution < 1.29 is 23.5 Å². The number of thioether (sulfide) groups is 1. The number of rotatable bonds is 5. The molecule has 1 atom stereocenters. The minimum Gasteiger partial charge on any atom is -0.455 e. The fourth-order valence-corrected chi connectivity index (χ4v) is 3.97. The van der Waals surface area contributed by atoms with Crippen LogP contribution in [-0.2, 0) is 5.75 Å². The Morgan fingerprint density at radius 3 is 2.89 bits per heavy atom. The number of hydrogen-bond acceptors (Lipinski definition) is 6. The minimum atomic E-state index is -0.219. The molecule has 2 aliphatic heterocycles. The second-order valence-electron chi connectivity index (χ2n) is 6.72. The Morgan fingerprint density at radius 1 is 1.19 bits per heavy atom. The average Bonchev–Trinajstić information content (AvgIpc) is 3.36. The first-order valence-corrected chi connectivity index (χ1v) is 10.4. The highest BCUT2D eigenvalue weighted by molar-refractivity contribution is 7.97. The Bertz CT molecular complexity index is 862. The Balaban J connectivity index is 1.45. The van der Waals surface area contributed by atoms with Crippen molar-refractivity contribution in [2.24, 2.45) is 5.92 Å². The molecule has 0 aliphatic carbocycles. The molecule has 1 aromatic carbocycles. The molecule has 0 N–H and O–H groups in total. The van der Waals surface area contributed by atoms with Gasteiger partial charge in [0.25, 0.3) is 5.91 Å². The van der Waals surface area contributed by atoms with Crippen molar-refractivity contribution in [3.63, 3.8) is 0 Å². The molecule has 2 aliphatic rings. The van der Waals surface area contributed by atoms with Crippen LogP contribution in [0.15, 0.2) is 34.7 Å². The highest BCUT2D eigenvalue weighted by atomic mass is 32.2. The summed E-state index contributed by atoms with van der Waals surface area (Å²) in [5.41, 5.74) is 0.596. The monoisotopic (exact) mass is 387 g/mol. The van der Waals surface area contributed by atoms with Crippen LogP contribution in [0, 0.1) is 5.92 Å². The molecule has 0 saturated carbocycles. The van der Waals surface area contributed by atoms with E-state index in [1.807, 2.05) is 12.3 Å². The second kappa shape index (κ2) is 7.68. The van der Waals surface area contributed by atoms with Gasteiger partial charge in [-0.2, -0.15) is 11.8 Å². The number of carbonyl (C=O) groups excluding carboxylic acids is 2. The van der Waals surface area contributed by atoms with Gasteiger partial charge in [-0.3, -0.25) is 9.59 Å². The summed E-state index contributed by atoms with van der Waals surface area (Å²) in [6.45, 7) is 1.23. The highest BCUT2D eigenvalue weighted by Gasteiger charge is 2.31. The zero-order valence-electron chi connectivity index (χ0n) is 15.1. The van der Waals surface area contributed by atoms with Gasteiger partial charge in [0.2, 0.25) is 6.79 Å². The maximum atomic E-state index is 12.9. The highest BCUT2D eigenvalue weighted by Crippen LogP contribution is 2.34. The van der Waals surface area contributed by atoms with Gasteiger partial charge in [-0.1, -0.05) is 0 Å². The van der Waals surface area contributed by atoms with Crippen molar-refractivity contribution in [2.75, 3.05) is 26.1 Å². The molecule has 0 radical (unpaired) electrons. The van der Waals surface area contributed by atoms with E-state index < -0.39 is 0 Å². The first-order valence-electron chi connectivity index (χ1n) is 8.96. The minimum absolute atomic E-state index is 0.0355. The van der Waals surface area contributed by atoms with Crippen molar-refractivity contribution in [2.45, 2.75) is 18.6 Å². The topological polar surface area (TPSA) is 69.0 Å². The van der Waals surface area contributed by atoms with Crippen molar-refractivity contribution in [1.82, 2.24) is 4.90 Å². The maximum Gasteiger partial charge on any atom is 0.289 e. The number of furan rings is 1. The van der Waals surface area contributed by atoms with Gasteiger partial charge in [0.1, 0.15) is 5.76 Å². The number of piperidine rings is 1. The maximum absolute atomic E-state index is 12.9. The third-order valence-corrected chi connectivity index (χ3v) is 5.47. The molecule has 27 heavy (non-hydrogen) atoms. The van der Waals surface area contributed by atoms with Crippen molar-refractivity contribution in [3.8, 4) is 11.5 Å². The van der Waals surface area contributed by atoms with Crippen LogP contribution < -0.4 is 9.47 Å². The fourth-order valence-electron chi connectivity index (χ4n) is 3.53. The quantitative estimate of drug-likeness (QED) is 0.730. The number of benzene rings is 1. The lowest BCUT2D eigenvalue weighted by atomic mass is 9.89. The van der Waals surface area contributed by atoms with Crippen LogP contribution in [0.25, 0.3) is 0 Å². The van der Waals surface area contributed by atoms with Crippen LogP contribution in [0.4, 0.5) is 0 Å². The van der Waals surface area contributed by atoms with Gasteiger partial charge in [-0.25, -0.2) is 0 Å². The van der Waals surface area contributed by atoms with Gasteiger partial charge in [-0.05, 0) is 49.4 Å². The molecule has 0 spiro atoms. The molecule has 4 rings (SSSR count). The van der Waals surface area contributed by atoms with Crippen LogP contribution in [-0.4, -0.2) is 42.7 Å². The molecule has 1 unspecified atom stereocenters. The molecule has 1 fully saturated rings. The van der Waals surface area contributed by atoms with Gasteiger partial charge in [0.05, 0.1) is 5.75 Å². The lowest BCUT2D eigenvalue weighted by Crippen LogP contribution is -2.42. The first kappa shape index (κ1) is 18.0. The van der Waals surface area contributed by atoms with Crippen LogP contribution in [0.3, 0.4) is 0 Å². The summed E-state index contributed by atoms with van der Waals surface area (Å²) < 4.78 is 16.3. The number of nitrogens with zero attached hydrogens (tertiary/aromatic N) is 1. The molecule has 7 heteroatoms. The largest absolute Gasteiger partial charge is 0.455 e. The van der Waals surface area contributed by atoms with Crippen LogP contribution >= 0.6 is 11.8 Å². The van der Waals surface area contributed by atoms with Crippen LogP contribution in [0.5, 0.6) is 11.5 Å². The summed E-state index contributed by atoms with van der Waals surface area (Å²) in [5, 5.41) is 0. The predicted octanol–water partition coefficient (Wildman–Crippen LogP) is 3.61. The summed E-state index contributed by atoms with van der Waals surface area (Å²) in [6, 6.07) is 8.81. The predicted molar refractivity (Wildman–Crippen MR) is 101 cm³/mol. The zero-order chi connectivity index (χ0) is 18.8. The molecule has 6 nitrogen and oxygen atoms in total. The molecular weight excluding hydrogens is 366 g/mol. The van der Waals surface area contributed by atoms with E-state index in [1.165, 1.54) is 0 Å². The smallest absolute Gasteiger partial charge is 0.289 e. The molecule has 2 aromatic rings. The van der Waals surface area contributed by atoms with Gasteiger partial charge in [0, 0.05) is 24.6 Å². The summed E-state index contributed by atoms with van der Waals surface area (Å²) in [6.07, 6.45) is 3.55. The van der Waals surface area contributed by atoms with E-state index in [2.05, 4.69) is 0 Å². The van der Waals surface area contributed by atoms with Crippen molar-refractivity contribution in [3.05, 3.63) is 47.4 Å². The van der Waals surface area contributed by atoms with Crippen molar-refractivity contribution >= 4 is 23.5 Å². The van der Waals surface area contributed by atoms with Crippen LogP contribution in [0.2, 0.25) is 0 Å². The van der Waals surface area contributed by atoms with Gasteiger partial charge < -0.3 is 18.8 Å². The molecule has 142 valence electrons. The van der Waals surface area contributed by atoms with E-state index in [4.69, 9.17) is 13.9 Å². The Morgan fingerprint density at radius 2 is 2.04 bits per heavy atom. The van der Waals surface area contributed by atoms with E-state index >= 15 is 0 Å². The normalized spacial score (nSPS) is 18.6. The number of fused-ring (bicyclic) bond motifs is 1. The second-order valence-corrected chi connectivity index (χ2v) is 7.59. The third-order valence-electron chi connectivity index (χ3n) is 4.90. The molecule has 0 bridgehead atoms. The Labute approximate surface area is 161 Å². The molecule has 1 aromatic heterocycles. The summed E-state index contributed by atoms with van der Waals surface area (Å²) in [4.78, 5) is 27.4. The fraction of sp³-hybridized carbons (Fsp3) is 0.400. The number of likely N-dealkylation sites (tertiary alicyclic amines) is 1. The molecule has 3 heterocycles. The summed E-state index contributed by atoms with van der Waals surface area (Å²) in [5.74, 6) is 2.79. The molecule has 1 amide bonds. The number of carbonyl (C=O) groups is 2. The molecular formula is C20H21NO5S. The van der Waals surface area contributed by atoms with E-state index in [-0.39, 0.29) is 24.4 Å². The van der Waals surface area contributed by atoms with E-state index in [0.717, 1.165) is 24.4 Å². The van der Waals surface area contributed by atoms with Gasteiger partial charge in [0.15, 0.2) is 23.0 Å². The number of ketones is 1. The number of hydrogen-bond donors (Lipinski definition) is 0. The van der Waals surface area contributed by atoms with Crippen LogP contribution in [0.1, 0.15) is 39.5 Å². The first-order chi connectivity index (χ1) is 13.2. The molecule has 1 saturated heterocycles. The SMILES string of the molecule is CSCc1ccc(C(=O)N2CCCC(C(=O)c3ccc4c(c3)OCO4)C2)o1. The lowest BCUT2D eigenvalue weighted by molar-refractivity contribution is 0.0609. The van der Waals surface area contributed by atoms with Gasteiger partial charge in [-0.15, -0.1) is 0 Å². The summed E-state index contributed by atoms with van der Waals surface area (Å²) in [7, 11) is 0. The third kappa shape index (κ3) is 3.69. The lowest BCUT2D eigenvalue weighted by Gasteiger charge is -2.31. The standard InChI is InChI=1S/C20H21NO5S/c1-27-11-15-5-7-17(26-15)20(23)21-8-2-3-14(10-21)19(22)13-4-6-16-18(9-13)25-12-24-16/h4-7,9,14H,2-3,8,10-12H2,1H3. The number of amides is 1.